The second-order valence-electron chi connectivity index (χ2n) is 7.39. The van der Waals surface area contributed by atoms with E-state index in [1.165, 1.54) is 12.4 Å². The van der Waals surface area contributed by atoms with Gasteiger partial charge in [-0.3, -0.25) is 15.0 Å². The largest absolute Gasteiger partial charge is 0.280 e. The van der Waals surface area contributed by atoms with Crippen LogP contribution in [0, 0.1) is 0 Å². The molecule has 5 rings (SSSR count). The van der Waals surface area contributed by atoms with Crippen molar-refractivity contribution < 1.29 is 4.79 Å². The molecule has 0 saturated heterocycles. The Bertz CT molecular complexity index is 1590. The molecule has 0 aliphatic carbocycles. The first kappa shape index (κ1) is 21.2. The lowest BCUT2D eigenvalue weighted by Crippen LogP contribution is -2.33. The van der Waals surface area contributed by atoms with Gasteiger partial charge in [-0.15, -0.1) is 0 Å². The van der Waals surface area contributed by atoms with E-state index >= 15 is 0 Å². The first-order valence-corrected chi connectivity index (χ1v) is 11.0. The zero-order valence-electron chi connectivity index (χ0n) is 17.4. The van der Waals surface area contributed by atoms with Gasteiger partial charge in [0, 0.05) is 23.0 Å². The van der Waals surface area contributed by atoms with Gasteiger partial charge in [0.15, 0.2) is 5.65 Å². The number of carbonyl (C=O) groups excluding carboxylic acids is 1. The Hall–Kier alpha value is -3.68. The van der Waals surface area contributed by atoms with Gasteiger partial charge in [-0.05, 0) is 42.3 Å². The van der Waals surface area contributed by atoms with Gasteiger partial charge in [-0.25, -0.2) is 14.2 Å². The van der Waals surface area contributed by atoms with Crippen LogP contribution in [0.15, 0.2) is 71.8 Å². The number of nitrogens with one attached hydrogen (secondary N) is 1. The molecule has 0 saturated carbocycles. The number of hydrogen-bond donors (Lipinski definition) is 1. The van der Waals surface area contributed by atoms with Crippen molar-refractivity contribution in [3.05, 3.63) is 98.6 Å². The zero-order chi connectivity index (χ0) is 23.1. The van der Waals surface area contributed by atoms with E-state index in [2.05, 4.69) is 10.4 Å². The van der Waals surface area contributed by atoms with Crippen molar-refractivity contribution in [1.29, 1.82) is 0 Å². The van der Waals surface area contributed by atoms with Gasteiger partial charge in [0.1, 0.15) is 0 Å². The molecule has 33 heavy (non-hydrogen) atoms. The summed E-state index contributed by atoms with van der Waals surface area (Å²) in [5, 5.41) is 5.98. The van der Waals surface area contributed by atoms with E-state index in [9.17, 15) is 9.59 Å². The quantitative estimate of drug-likeness (QED) is 0.396. The molecule has 0 fully saturated rings. The second-order valence-corrected chi connectivity index (χ2v) is 8.23. The number of pyridine rings is 1. The molecule has 1 amide bonds. The van der Waals surface area contributed by atoms with E-state index in [0.29, 0.717) is 33.0 Å². The highest BCUT2D eigenvalue weighted by atomic mass is 35.5. The maximum absolute atomic E-state index is 13.1. The minimum atomic E-state index is -0.492. The molecule has 0 unspecified atom stereocenters. The van der Waals surface area contributed by atoms with E-state index in [1.807, 2.05) is 31.2 Å². The topological polar surface area (TPSA) is 81.3 Å². The third-order valence-electron chi connectivity index (χ3n) is 5.39. The molecule has 0 aliphatic rings. The van der Waals surface area contributed by atoms with Crippen molar-refractivity contribution in [2.45, 2.75) is 13.3 Å². The summed E-state index contributed by atoms with van der Waals surface area (Å²) >= 11 is 12.1. The number of halogens is 2. The smallest absolute Gasteiger partial charge is 0.267 e. The summed E-state index contributed by atoms with van der Waals surface area (Å²) in [6.07, 6.45) is 3.69. The zero-order valence-corrected chi connectivity index (χ0v) is 18.9. The van der Waals surface area contributed by atoms with E-state index in [1.54, 1.807) is 34.8 Å². The fraction of sp³-hybridized carbons (Fsp3) is 0.0833. The summed E-state index contributed by atoms with van der Waals surface area (Å²) < 4.78 is 2.78. The van der Waals surface area contributed by atoms with Crippen molar-refractivity contribution in [2.75, 3.05) is 5.43 Å². The normalized spacial score (nSPS) is 11.2. The minimum Gasteiger partial charge on any atom is -0.267 e. The molecule has 0 radical (unpaired) electrons. The molecule has 2 aromatic carbocycles. The van der Waals surface area contributed by atoms with Gasteiger partial charge >= 0.3 is 0 Å². The van der Waals surface area contributed by atoms with Crippen LogP contribution >= 0.6 is 23.2 Å². The lowest BCUT2D eigenvalue weighted by molar-refractivity contribution is 0.101. The minimum absolute atomic E-state index is 0.270. The monoisotopic (exact) mass is 477 g/mol. The van der Waals surface area contributed by atoms with Gasteiger partial charge in [0.25, 0.3) is 11.5 Å². The third kappa shape index (κ3) is 3.65. The Morgan fingerprint density at radius 1 is 1.06 bits per heavy atom. The molecule has 1 N–H and O–H groups in total. The van der Waals surface area contributed by atoms with Crippen LogP contribution in [0.3, 0.4) is 0 Å². The summed E-state index contributed by atoms with van der Waals surface area (Å²) in [5.41, 5.74) is 6.34. The predicted octanol–water partition coefficient (Wildman–Crippen LogP) is 4.96. The van der Waals surface area contributed by atoms with Crippen LogP contribution in [-0.4, -0.2) is 25.2 Å². The highest BCUT2D eigenvalue weighted by Crippen LogP contribution is 2.30. The van der Waals surface area contributed by atoms with Crippen LogP contribution in [0.5, 0.6) is 0 Å². The number of aromatic nitrogens is 4. The molecule has 164 valence electrons. The molecular weight excluding hydrogens is 461 g/mol. The van der Waals surface area contributed by atoms with Gasteiger partial charge < -0.3 is 0 Å². The van der Waals surface area contributed by atoms with Crippen molar-refractivity contribution in [2.24, 2.45) is 0 Å². The summed E-state index contributed by atoms with van der Waals surface area (Å²) in [5.74, 6) is -0.492. The second kappa shape index (κ2) is 8.35. The summed E-state index contributed by atoms with van der Waals surface area (Å²) in [4.78, 5) is 30.3. The lowest BCUT2D eigenvalue weighted by atomic mass is 10.0. The number of amides is 1. The standard InChI is InChI=1S/C24H17Cl2N5O2/c1-2-19-21(14-7-9-15(25)10-8-14)22-27-13-17-20(31(22)28-19)11-12-30(24(17)33)29-23(32)16-5-3-4-6-18(16)26/h3-13H,2H2,1H3,(H,29,32). The van der Waals surface area contributed by atoms with Crippen LogP contribution in [0.4, 0.5) is 0 Å². The lowest BCUT2D eigenvalue weighted by Gasteiger charge is -2.10. The molecule has 0 spiro atoms. The number of carbonyl (C=O) groups is 1. The molecule has 7 nitrogen and oxygen atoms in total. The number of benzene rings is 2. The Kier molecular flexibility index (Phi) is 5.36. The molecule has 0 bridgehead atoms. The van der Waals surface area contributed by atoms with Gasteiger partial charge in [-0.2, -0.15) is 5.10 Å². The number of aryl methyl sites for hydroxylation is 1. The van der Waals surface area contributed by atoms with Crippen LogP contribution in [0.1, 0.15) is 23.0 Å². The molecular formula is C24H17Cl2N5O2. The summed E-state index contributed by atoms with van der Waals surface area (Å²) in [6, 6.07) is 15.8. The van der Waals surface area contributed by atoms with Crippen molar-refractivity contribution in [1.82, 2.24) is 19.3 Å². The number of nitrogens with zero attached hydrogens (tertiary/aromatic N) is 4. The highest BCUT2D eigenvalue weighted by molar-refractivity contribution is 6.34. The molecule has 0 atom stereocenters. The molecule has 9 heteroatoms. The summed E-state index contributed by atoms with van der Waals surface area (Å²) in [7, 11) is 0. The van der Waals surface area contributed by atoms with Gasteiger partial charge in [-0.1, -0.05) is 54.4 Å². The van der Waals surface area contributed by atoms with E-state index < -0.39 is 11.5 Å². The van der Waals surface area contributed by atoms with Crippen molar-refractivity contribution in [3.8, 4) is 11.1 Å². The van der Waals surface area contributed by atoms with Crippen LogP contribution in [0.25, 0.3) is 27.7 Å². The Labute approximate surface area is 198 Å². The SMILES string of the molecule is CCc1nn2c(ncc3c(=O)n(NC(=O)c4ccccc4Cl)ccc32)c1-c1ccc(Cl)cc1. The molecule has 0 aliphatic heterocycles. The van der Waals surface area contributed by atoms with Crippen LogP contribution < -0.4 is 11.0 Å². The van der Waals surface area contributed by atoms with Crippen molar-refractivity contribution in [3.63, 3.8) is 0 Å². The van der Waals surface area contributed by atoms with E-state index in [4.69, 9.17) is 28.3 Å². The molecule has 3 aromatic heterocycles. The average Bonchev–Trinajstić information content (AvgIpc) is 3.20. The number of hydrogen-bond acceptors (Lipinski definition) is 4. The van der Waals surface area contributed by atoms with Crippen LogP contribution in [0.2, 0.25) is 10.0 Å². The Balaban J connectivity index is 1.62. The predicted molar refractivity (Wildman–Crippen MR) is 130 cm³/mol. The van der Waals surface area contributed by atoms with Gasteiger partial charge in [0.05, 0.1) is 27.2 Å². The fourth-order valence-corrected chi connectivity index (χ4v) is 4.12. The first-order chi connectivity index (χ1) is 16.0. The van der Waals surface area contributed by atoms with Crippen molar-refractivity contribution >= 4 is 45.7 Å². The molecule has 5 aromatic rings. The van der Waals surface area contributed by atoms with Gasteiger partial charge in [0.2, 0.25) is 0 Å². The average molecular weight is 478 g/mol. The Morgan fingerprint density at radius 3 is 2.55 bits per heavy atom. The Morgan fingerprint density at radius 2 is 1.82 bits per heavy atom. The maximum Gasteiger partial charge on any atom is 0.280 e. The number of fused-ring (bicyclic) bond motifs is 3. The summed E-state index contributed by atoms with van der Waals surface area (Å²) in [6.45, 7) is 2.01. The highest BCUT2D eigenvalue weighted by Gasteiger charge is 2.18. The molecule has 3 heterocycles. The van der Waals surface area contributed by atoms with E-state index in [-0.39, 0.29) is 5.56 Å². The van der Waals surface area contributed by atoms with Crippen LogP contribution in [-0.2, 0) is 6.42 Å². The van der Waals surface area contributed by atoms with E-state index in [0.717, 1.165) is 21.5 Å². The number of rotatable bonds is 4. The third-order valence-corrected chi connectivity index (χ3v) is 5.97. The maximum atomic E-state index is 13.1. The first-order valence-electron chi connectivity index (χ1n) is 10.2. The fourth-order valence-electron chi connectivity index (χ4n) is 3.78.